The summed E-state index contributed by atoms with van der Waals surface area (Å²) in [5.74, 6) is 0.614. The molecule has 0 aliphatic rings. The van der Waals surface area contributed by atoms with E-state index >= 15 is 0 Å². The van der Waals surface area contributed by atoms with Crippen molar-refractivity contribution in [1.29, 1.82) is 0 Å². The molecule has 0 saturated carbocycles. The van der Waals surface area contributed by atoms with E-state index in [-0.39, 0.29) is 11.5 Å². The smallest absolute Gasteiger partial charge is 0.251 e. The number of hydrogen-bond acceptors (Lipinski definition) is 4. The average Bonchev–Trinajstić information content (AvgIpc) is 2.71. The first kappa shape index (κ1) is 21.5. The molecule has 152 valence electrons. The minimum Gasteiger partial charge on any atom is -0.496 e. The number of unbranched alkanes of at least 4 members (excludes halogenated alkanes) is 1. The molecule has 2 aromatic carbocycles. The standard InChI is InChI=1S/C22H30N2O4/c1-5-7-8-14(6-2)13-24-22(26)16-10-12-18(28-4)20-17(27-3)11-9-15(19(16)20)21(23)25/h9-12,14H,5-8,13H2,1-4H3,(H2,23,25)(H,24,26). The quantitative estimate of drug-likeness (QED) is 0.648. The van der Waals surface area contributed by atoms with Crippen LogP contribution in [0.1, 0.15) is 60.2 Å². The Kier molecular flexibility index (Phi) is 7.67. The monoisotopic (exact) mass is 386 g/mol. The van der Waals surface area contributed by atoms with Crippen LogP contribution in [-0.2, 0) is 0 Å². The molecule has 6 heteroatoms. The van der Waals surface area contributed by atoms with Crippen LogP contribution in [0, 0.1) is 5.92 Å². The second-order valence-electron chi connectivity index (χ2n) is 6.87. The van der Waals surface area contributed by atoms with Crippen molar-refractivity contribution >= 4 is 22.6 Å². The number of nitrogens with two attached hydrogens (primary N) is 1. The molecule has 3 N–H and O–H groups in total. The van der Waals surface area contributed by atoms with Crippen LogP contribution < -0.4 is 20.5 Å². The number of methoxy groups -OCH3 is 2. The molecule has 0 heterocycles. The second kappa shape index (κ2) is 9.97. The SMILES string of the molecule is CCCCC(CC)CNC(=O)c1ccc(OC)c2c(OC)ccc(C(N)=O)c12. The van der Waals surface area contributed by atoms with E-state index in [1.165, 1.54) is 14.2 Å². The molecule has 28 heavy (non-hydrogen) atoms. The van der Waals surface area contributed by atoms with Gasteiger partial charge in [-0.2, -0.15) is 0 Å². The van der Waals surface area contributed by atoms with Gasteiger partial charge in [0.05, 0.1) is 19.6 Å². The molecule has 2 rings (SSSR count). The number of hydrogen-bond donors (Lipinski definition) is 2. The van der Waals surface area contributed by atoms with Gasteiger partial charge < -0.3 is 20.5 Å². The van der Waals surface area contributed by atoms with Gasteiger partial charge in [0, 0.05) is 23.1 Å². The molecular weight excluding hydrogens is 356 g/mol. The van der Waals surface area contributed by atoms with Gasteiger partial charge in [-0.15, -0.1) is 0 Å². The maximum atomic E-state index is 13.0. The summed E-state index contributed by atoms with van der Waals surface area (Å²) in [6.07, 6.45) is 4.36. The normalized spacial score (nSPS) is 11.9. The van der Waals surface area contributed by atoms with Crippen molar-refractivity contribution in [3.63, 3.8) is 0 Å². The fourth-order valence-corrected chi connectivity index (χ4v) is 3.44. The predicted octanol–water partition coefficient (Wildman–Crippen LogP) is 3.90. The van der Waals surface area contributed by atoms with Crippen LogP contribution in [0.25, 0.3) is 10.8 Å². The molecular formula is C22H30N2O4. The number of amides is 2. The fourth-order valence-electron chi connectivity index (χ4n) is 3.44. The Labute approximate surface area is 166 Å². The van der Waals surface area contributed by atoms with E-state index in [0.717, 1.165) is 25.7 Å². The zero-order valence-electron chi connectivity index (χ0n) is 17.1. The Balaban J connectivity index is 2.49. The highest BCUT2D eigenvalue weighted by atomic mass is 16.5. The third kappa shape index (κ3) is 4.55. The summed E-state index contributed by atoms with van der Waals surface area (Å²) in [4.78, 5) is 25.0. The second-order valence-corrected chi connectivity index (χ2v) is 6.87. The van der Waals surface area contributed by atoms with E-state index in [9.17, 15) is 9.59 Å². The summed E-state index contributed by atoms with van der Waals surface area (Å²) in [6, 6.07) is 6.61. The van der Waals surface area contributed by atoms with Gasteiger partial charge in [-0.3, -0.25) is 9.59 Å². The highest BCUT2D eigenvalue weighted by Crippen LogP contribution is 2.38. The van der Waals surface area contributed by atoms with Crippen molar-refractivity contribution in [2.45, 2.75) is 39.5 Å². The molecule has 6 nitrogen and oxygen atoms in total. The predicted molar refractivity (Wildman–Crippen MR) is 111 cm³/mol. The van der Waals surface area contributed by atoms with Crippen LogP contribution in [-0.4, -0.2) is 32.6 Å². The minimum atomic E-state index is -0.607. The minimum absolute atomic E-state index is 0.238. The fraction of sp³-hybridized carbons (Fsp3) is 0.455. The molecule has 2 amide bonds. The number of nitrogens with one attached hydrogen (secondary N) is 1. The van der Waals surface area contributed by atoms with E-state index in [0.29, 0.717) is 40.3 Å². The van der Waals surface area contributed by atoms with Crippen molar-refractivity contribution in [2.24, 2.45) is 11.7 Å². The number of benzene rings is 2. The number of primary amides is 1. The van der Waals surface area contributed by atoms with E-state index in [1.807, 2.05) is 0 Å². The van der Waals surface area contributed by atoms with Crippen LogP contribution in [0.15, 0.2) is 24.3 Å². The number of rotatable bonds is 10. The first-order chi connectivity index (χ1) is 13.5. The Hall–Kier alpha value is -2.76. The van der Waals surface area contributed by atoms with Gasteiger partial charge in [-0.05, 0) is 36.6 Å². The van der Waals surface area contributed by atoms with Crippen molar-refractivity contribution < 1.29 is 19.1 Å². The van der Waals surface area contributed by atoms with Crippen LogP contribution in [0.4, 0.5) is 0 Å². The molecule has 0 fully saturated rings. The maximum absolute atomic E-state index is 13.0. The molecule has 1 atom stereocenters. The summed E-state index contributed by atoms with van der Waals surface area (Å²) in [6.45, 7) is 4.89. The largest absolute Gasteiger partial charge is 0.496 e. The van der Waals surface area contributed by atoms with Crippen LogP contribution in [0.2, 0.25) is 0 Å². The van der Waals surface area contributed by atoms with E-state index < -0.39 is 5.91 Å². The molecule has 0 spiro atoms. The number of carbonyl (C=O) groups excluding carboxylic acids is 2. The summed E-state index contributed by atoms with van der Waals surface area (Å²) < 4.78 is 10.9. The molecule has 0 saturated heterocycles. The number of carbonyl (C=O) groups is 2. The lowest BCUT2D eigenvalue weighted by atomic mass is 9.96. The maximum Gasteiger partial charge on any atom is 0.251 e. The summed E-state index contributed by atoms with van der Waals surface area (Å²) >= 11 is 0. The molecule has 0 bridgehead atoms. The van der Waals surface area contributed by atoms with Crippen molar-refractivity contribution in [3.05, 3.63) is 35.4 Å². The third-order valence-electron chi connectivity index (χ3n) is 5.13. The summed E-state index contributed by atoms with van der Waals surface area (Å²) in [5, 5.41) is 4.03. The zero-order chi connectivity index (χ0) is 20.7. The van der Waals surface area contributed by atoms with Gasteiger partial charge in [-0.25, -0.2) is 0 Å². The number of fused-ring (bicyclic) bond motifs is 1. The average molecular weight is 386 g/mol. The van der Waals surface area contributed by atoms with Gasteiger partial charge in [0.1, 0.15) is 11.5 Å². The Morgan fingerprint density at radius 2 is 1.61 bits per heavy atom. The molecule has 2 aromatic rings. The molecule has 1 unspecified atom stereocenters. The first-order valence-electron chi connectivity index (χ1n) is 9.74. The number of ether oxygens (including phenoxy) is 2. The molecule has 0 radical (unpaired) electrons. The van der Waals surface area contributed by atoms with Crippen LogP contribution in [0.5, 0.6) is 11.5 Å². The highest BCUT2D eigenvalue weighted by molar-refractivity contribution is 6.18. The van der Waals surface area contributed by atoms with Gasteiger partial charge >= 0.3 is 0 Å². The first-order valence-corrected chi connectivity index (χ1v) is 9.74. The van der Waals surface area contributed by atoms with E-state index in [2.05, 4.69) is 19.2 Å². The van der Waals surface area contributed by atoms with Gasteiger partial charge in [0.15, 0.2) is 0 Å². The lowest BCUT2D eigenvalue weighted by Crippen LogP contribution is -2.29. The lowest BCUT2D eigenvalue weighted by Gasteiger charge is -2.18. The van der Waals surface area contributed by atoms with Crippen molar-refractivity contribution in [2.75, 3.05) is 20.8 Å². The summed E-state index contributed by atoms with van der Waals surface area (Å²) in [7, 11) is 3.06. The van der Waals surface area contributed by atoms with Crippen molar-refractivity contribution in [3.8, 4) is 11.5 Å². The third-order valence-corrected chi connectivity index (χ3v) is 5.13. The van der Waals surface area contributed by atoms with Crippen LogP contribution in [0.3, 0.4) is 0 Å². The Morgan fingerprint density at radius 1 is 1.00 bits per heavy atom. The topological polar surface area (TPSA) is 90.7 Å². The van der Waals surface area contributed by atoms with Gasteiger partial charge in [-0.1, -0.05) is 33.1 Å². The molecule has 0 aromatic heterocycles. The van der Waals surface area contributed by atoms with Gasteiger partial charge in [0.2, 0.25) is 5.91 Å². The molecule has 0 aliphatic carbocycles. The van der Waals surface area contributed by atoms with Crippen LogP contribution >= 0.6 is 0 Å². The Morgan fingerprint density at radius 3 is 2.11 bits per heavy atom. The highest BCUT2D eigenvalue weighted by Gasteiger charge is 2.21. The molecule has 0 aliphatic heterocycles. The van der Waals surface area contributed by atoms with E-state index in [1.54, 1.807) is 24.3 Å². The zero-order valence-corrected chi connectivity index (χ0v) is 17.1. The van der Waals surface area contributed by atoms with Crippen molar-refractivity contribution in [1.82, 2.24) is 5.32 Å². The summed E-state index contributed by atoms with van der Waals surface area (Å²) in [5.41, 5.74) is 6.22. The Bertz CT molecular complexity index is 838. The van der Waals surface area contributed by atoms with Gasteiger partial charge in [0.25, 0.3) is 5.91 Å². The van der Waals surface area contributed by atoms with E-state index in [4.69, 9.17) is 15.2 Å². The lowest BCUT2D eigenvalue weighted by molar-refractivity contribution is 0.0947.